The third-order valence-corrected chi connectivity index (χ3v) is 3.36. The second-order valence-corrected chi connectivity index (χ2v) is 4.30. The van der Waals surface area contributed by atoms with Crippen LogP contribution in [0.25, 0.3) is 0 Å². The first-order valence-electron chi connectivity index (χ1n) is 4.73. The van der Waals surface area contributed by atoms with E-state index in [0.29, 0.717) is 17.2 Å². The van der Waals surface area contributed by atoms with E-state index >= 15 is 0 Å². The van der Waals surface area contributed by atoms with Crippen molar-refractivity contribution in [1.29, 1.82) is 0 Å². The maximum absolute atomic E-state index is 9.65. The molecular weight excluding hydrogens is 323 g/mol. The maximum atomic E-state index is 9.65. The fourth-order valence-electron chi connectivity index (χ4n) is 1.44. The summed E-state index contributed by atoms with van der Waals surface area (Å²) in [7, 11) is 4.67. The summed E-state index contributed by atoms with van der Waals surface area (Å²) < 4.78 is 16.5. The van der Waals surface area contributed by atoms with Crippen LogP contribution in [0, 0.1) is 3.57 Å². The molecule has 5 heteroatoms. The van der Waals surface area contributed by atoms with E-state index in [0.717, 1.165) is 9.13 Å². The van der Waals surface area contributed by atoms with Gasteiger partial charge in [-0.3, -0.25) is 0 Å². The lowest BCUT2D eigenvalue weighted by atomic mass is 10.1. The van der Waals surface area contributed by atoms with Crippen LogP contribution in [0.5, 0.6) is 17.2 Å². The molecule has 0 aliphatic heterocycles. The van der Waals surface area contributed by atoms with E-state index < -0.39 is 6.10 Å². The highest BCUT2D eigenvalue weighted by atomic mass is 127. The summed E-state index contributed by atoms with van der Waals surface area (Å²) in [6.07, 6.45) is -0.583. The minimum atomic E-state index is -0.583. The Labute approximate surface area is 109 Å². The largest absolute Gasteiger partial charge is 0.493 e. The van der Waals surface area contributed by atoms with Gasteiger partial charge in [0.15, 0.2) is 11.5 Å². The number of benzene rings is 1. The van der Waals surface area contributed by atoms with Crippen molar-refractivity contribution in [1.82, 2.24) is 0 Å². The van der Waals surface area contributed by atoms with Gasteiger partial charge in [0.2, 0.25) is 5.75 Å². The zero-order valence-corrected chi connectivity index (χ0v) is 11.9. The highest BCUT2D eigenvalue weighted by Crippen LogP contribution is 2.43. The number of aliphatic hydroxyl groups excluding tert-OH is 1. The van der Waals surface area contributed by atoms with Crippen LogP contribution in [0.3, 0.4) is 0 Å². The summed E-state index contributed by atoms with van der Waals surface area (Å²) in [4.78, 5) is 0. The van der Waals surface area contributed by atoms with Gasteiger partial charge in [0, 0.05) is 5.56 Å². The van der Waals surface area contributed by atoms with Gasteiger partial charge in [-0.1, -0.05) is 0 Å². The smallest absolute Gasteiger partial charge is 0.204 e. The molecule has 90 valence electrons. The van der Waals surface area contributed by atoms with E-state index in [-0.39, 0.29) is 0 Å². The number of aliphatic hydroxyl groups is 1. The monoisotopic (exact) mass is 338 g/mol. The molecule has 0 saturated carbocycles. The van der Waals surface area contributed by atoms with Crippen LogP contribution in [-0.2, 0) is 0 Å². The Kier molecular flexibility index (Phi) is 4.67. The van der Waals surface area contributed by atoms with Crippen LogP contribution >= 0.6 is 22.6 Å². The van der Waals surface area contributed by atoms with Gasteiger partial charge in [0.25, 0.3) is 0 Å². The molecule has 1 rings (SSSR count). The molecule has 0 aromatic heterocycles. The molecule has 1 atom stereocenters. The lowest BCUT2D eigenvalue weighted by molar-refractivity contribution is 0.196. The molecule has 0 unspecified atom stereocenters. The molecule has 0 radical (unpaired) electrons. The average Bonchev–Trinajstić information content (AvgIpc) is 2.27. The third kappa shape index (κ3) is 2.35. The second-order valence-electron chi connectivity index (χ2n) is 3.22. The topological polar surface area (TPSA) is 47.9 Å². The predicted molar refractivity (Wildman–Crippen MR) is 69.4 cm³/mol. The molecule has 1 N–H and O–H groups in total. The maximum Gasteiger partial charge on any atom is 0.204 e. The van der Waals surface area contributed by atoms with Gasteiger partial charge in [-0.15, -0.1) is 0 Å². The van der Waals surface area contributed by atoms with E-state index in [1.54, 1.807) is 34.3 Å². The summed E-state index contributed by atoms with van der Waals surface area (Å²) in [6, 6.07) is 1.76. The van der Waals surface area contributed by atoms with Crippen LogP contribution < -0.4 is 14.2 Å². The minimum Gasteiger partial charge on any atom is -0.493 e. The highest BCUT2D eigenvalue weighted by molar-refractivity contribution is 14.1. The first-order valence-corrected chi connectivity index (χ1v) is 5.81. The third-order valence-electron chi connectivity index (χ3n) is 2.25. The van der Waals surface area contributed by atoms with Crippen molar-refractivity contribution >= 4 is 22.6 Å². The Balaban J connectivity index is 3.48. The molecule has 0 bridgehead atoms. The van der Waals surface area contributed by atoms with Gasteiger partial charge in [0.05, 0.1) is 31.0 Å². The summed E-state index contributed by atoms with van der Waals surface area (Å²) in [5.74, 6) is 1.67. The number of methoxy groups -OCH3 is 3. The zero-order chi connectivity index (χ0) is 12.3. The molecule has 4 nitrogen and oxygen atoms in total. The van der Waals surface area contributed by atoms with E-state index in [2.05, 4.69) is 22.6 Å². The van der Waals surface area contributed by atoms with E-state index in [4.69, 9.17) is 14.2 Å². The van der Waals surface area contributed by atoms with E-state index in [1.807, 2.05) is 0 Å². The molecule has 0 fully saturated rings. The molecule has 0 aliphatic carbocycles. The summed E-state index contributed by atoms with van der Waals surface area (Å²) in [6.45, 7) is 1.70. The number of halogens is 1. The van der Waals surface area contributed by atoms with Crippen LogP contribution in [-0.4, -0.2) is 26.4 Å². The molecule has 0 heterocycles. The molecular formula is C11H15IO4. The van der Waals surface area contributed by atoms with Crippen molar-refractivity contribution in [3.63, 3.8) is 0 Å². The predicted octanol–water partition coefficient (Wildman–Crippen LogP) is 2.37. The molecule has 0 spiro atoms. The molecule has 16 heavy (non-hydrogen) atoms. The van der Waals surface area contributed by atoms with Crippen molar-refractivity contribution < 1.29 is 19.3 Å². The van der Waals surface area contributed by atoms with Crippen LogP contribution in [0.4, 0.5) is 0 Å². The van der Waals surface area contributed by atoms with E-state index in [9.17, 15) is 5.11 Å². The quantitative estimate of drug-likeness (QED) is 0.857. The van der Waals surface area contributed by atoms with Crippen LogP contribution in [0.15, 0.2) is 6.07 Å². The number of hydrogen-bond acceptors (Lipinski definition) is 4. The first-order chi connectivity index (χ1) is 7.56. The van der Waals surface area contributed by atoms with Gasteiger partial charge in [-0.25, -0.2) is 0 Å². The van der Waals surface area contributed by atoms with Gasteiger partial charge in [-0.05, 0) is 35.6 Å². The number of ether oxygens (including phenoxy) is 3. The highest BCUT2D eigenvalue weighted by Gasteiger charge is 2.20. The molecule has 1 aromatic carbocycles. The van der Waals surface area contributed by atoms with Crippen LogP contribution in [0.1, 0.15) is 18.6 Å². The van der Waals surface area contributed by atoms with Gasteiger partial charge < -0.3 is 19.3 Å². The lowest BCUT2D eigenvalue weighted by Gasteiger charge is -2.17. The SMILES string of the molecule is COc1cc([C@@H](C)O)c(I)c(OC)c1OC. The van der Waals surface area contributed by atoms with Crippen molar-refractivity contribution in [2.75, 3.05) is 21.3 Å². The molecule has 0 amide bonds. The molecule has 1 aromatic rings. The van der Waals surface area contributed by atoms with Crippen LogP contribution in [0.2, 0.25) is 0 Å². The molecule has 0 aliphatic rings. The van der Waals surface area contributed by atoms with Crippen molar-refractivity contribution in [2.45, 2.75) is 13.0 Å². The summed E-state index contributed by atoms with van der Waals surface area (Å²) in [5, 5.41) is 9.65. The second kappa shape index (κ2) is 5.58. The normalized spacial score (nSPS) is 12.1. The van der Waals surface area contributed by atoms with Crippen molar-refractivity contribution in [2.24, 2.45) is 0 Å². The number of rotatable bonds is 4. The Morgan fingerprint density at radius 1 is 1.12 bits per heavy atom. The first kappa shape index (κ1) is 13.4. The summed E-state index contributed by atoms with van der Waals surface area (Å²) >= 11 is 2.12. The Bertz CT molecular complexity index is 377. The Hall–Kier alpha value is -0.690. The molecule has 0 saturated heterocycles. The van der Waals surface area contributed by atoms with Crippen molar-refractivity contribution in [3.05, 3.63) is 15.2 Å². The Morgan fingerprint density at radius 3 is 2.06 bits per heavy atom. The number of hydrogen-bond donors (Lipinski definition) is 1. The standard InChI is InChI=1S/C11H15IO4/c1-6(13)7-5-8(14-2)10(15-3)11(16-4)9(7)12/h5-6,13H,1-4H3/t6-/m1/s1. The van der Waals surface area contributed by atoms with Gasteiger partial charge in [0.1, 0.15) is 0 Å². The van der Waals surface area contributed by atoms with Crippen molar-refractivity contribution in [3.8, 4) is 17.2 Å². The fourth-order valence-corrected chi connectivity index (χ4v) is 2.52. The Morgan fingerprint density at radius 2 is 1.69 bits per heavy atom. The van der Waals surface area contributed by atoms with E-state index in [1.165, 1.54) is 0 Å². The lowest BCUT2D eigenvalue weighted by Crippen LogP contribution is -2.02. The fraction of sp³-hybridized carbons (Fsp3) is 0.455. The zero-order valence-electron chi connectivity index (χ0n) is 9.70. The minimum absolute atomic E-state index is 0.541. The van der Waals surface area contributed by atoms with Gasteiger partial charge >= 0.3 is 0 Å². The van der Waals surface area contributed by atoms with Gasteiger partial charge in [-0.2, -0.15) is 0 Å². The summed E-state index contributed by atoms with van der Waals surface area (Å²) in [5.41, 5.74) is 0.759. The average molecular weight is 338 g/mol.